The van der Waals surface area contributed by atoms with E-state index in [0.717, 1.165) is 59.2 Å². The third kappa shape index (κ3) is 16.3. The maximum atomic E-state index is 1.64. The Morgan fingerprint density at radius 3 is 0.549 bits per heavy atom. The first-order valence-electron chi connectivity index (χ1n) is 40.6. The molecule has 16 unspecified atom stereocenters. The van der Waals surface area contributed by atoms with Gasteiger partial charge in [0.15, 0.2) is 0 Å². The zero-order valence-corrected chi connectivity index (χ0v) is 54.9. The predicted octanol–water partition coefficient (Wildman–Crippen LogP) is 25.6. The third-order valence-corrected chi connectivity index (χ3v) is 31.2. The Balaban J connectivity index is 0.0000000882. The van der Waals surface area contributed by atoms with Crippen LogP contribution < -0.4 is 0 Å². The van der Waals surface area contributed by atoms with Gasteiger partial charge in [-0.05, 0) is 245 Å². The standard InChI is InChI=1S/C12H18.C12H22.2C11H20.C10H18.C9H14.C9H16.C8H12/c1-2-8-5-7(1)11-9-3-4-10(6-9)12(8)11;1-2-6-12-9-3-7-11(5-1)8-4-10-12;1-4-10-6-2-7-11(5-1)9-3-8-10;1-2-5-11-7-3-6-10(4-1)8-9-11;1-3-9-5-2-6-10(4-1)8-7-9;1-2-7-5-6(1)8-3-4-9(7)8;1-2-4-9-6-5-8(3-1)7-9;1-2-6-3-5(1)7-4-8(6)7/h7-12H,1-6H2;11-12H,1-10H2;2*10-11H,1-9H2;9-10H,1-8H2;6-9H,1-5H2;8-9H,1-7H2;5-8H,1-4H2. The van der Waals surface area contributed by atoms with Crippen LogP contribution in [0.5, 0.6) is 0 Å². The van der Waals surface area contributed by atoms with Crippen LogP contribution in [0, 0.1) is 142 Å². The highest BCUT2D eigenvalue weighted by atomic mass is 14.6. The van der Waals surface area contributed by atoms with Gasteiger partial charge in [-0.15, -0.1) is 0 Å². The average Bonchev–Trinajstić information content (AvgIpc) is 3.67. The van der Waals surface area contributed by atoms with E-state index in [1.165, 1.54) is 173 Å². The molecule has 0 saturated heterocycles. The summed E-state index contributed by atoms with van der Waals surface area (Å²) in [5.74, 6) is 28.4. The first-order valence-corrected chi connectivity index (χ1v) is 40.6. The monoisotopic (exact) mass is 1130 g/mol. The van der Waals surface area contributed by atoms with E-state index in [2.05, 4.69) is 0 Å². The largest absolute Gasteiger partial charge is 0.0530 e. The van der Waals surface area contributed by atoms with Crippen molar-refractivity contribution in [2.45, 2.75) is 372 Å². The normalized spacial score (nSPS) is 48.6. The van der Waals surface area contributed by atoms with Crippen LogP contribution in [0.4, 0.5) is 0 Å². The van der Waals surface area contributed by atoms with Gasteiger partial charge in [-0.2, -0.15) is 0 Å². The Bertz CT molecular complexity index is 1610. The minimum Gasteiger partial charge on any atom is -0.0530 e. The summed E-state index contributed by atoms with van der Waals surface area (Å²) >= 11 is 0. The predicted molar refractivity (Wildman–Crippen MR) is 352 cm³/mol. The van der Waals surface area contributed by atoms with Crippen molar-refractivity contribution in [1.29, 1.82) is 0 Å². The molecule has 16 atom stereocenters. The van der Waals surface area contributed by atoms with Crippen molar-refractivity contribution in [3.05, 3.63) is 0 Å². The van der Waals surface area contributed by atoms with E-state index in [-0.39, 0.29) is 0 Å². The summed E-state index contributed by atoms with van der Waals surface area (Å²) < 4.78 is 0. The lowest BCUT2D eigenvalue weighted by Gasteiger charge is -2.40. The molecule has 22 rings (SSSR count). The van der Waals surface area contributed by atoms with E-state index in [9.17, 15) is 0 Å². The van der Waals surface area contributed by atoms with Gasteiger partial charge in [0.2, 0.25) is 0 Å². The van der Waals surface area contributed by atoms with Crippen LogP contribution in [-0.4, -0.2) is 0 Å². The molecule has 82 heavy (non-hydrogen) atoms. The number of hydrogen-bond acceptors (Lipinski definition) is 0. The summed E-state index contributed by atoms with van der Waals surface area (Å²) in [6.45, 7) is 0. The molecule has 0 aliphatic heterocycles. The van der Waals surface area contributed by atoms with Crippen molar-refractivity contribution in [3.8, 4) is 0 Å². The lowest BCUT2D eigenvalue weighted by Crippen LogP contribution is -2.31. The molecule has 0 N–H and O–H groups in total. The first kappa shape index (κ1) is 60.9. The van der Waals surface area contributed by atoms with Crippen LogP contribution in [0.25, 0.3) is 0 Å². The van der Waals surface area contributed by atoms with E-state index in [1.54, 1.807) is 283 Å². The fraction of sp³-hybridized carbons (Fsp3) is 1.00. The second-order valence-electron chi connectivity index (χ2n) is 35.9. The number of fused-ring (bicyclic) bond motifs is 40. The van der Waals surface area contributed by atoms with Crippen molar-refractivity contribution >= 4 is 0 Å². The summed E-state index contributed by atoms with van der Waals surface area (Å²) in [7, 11) is 0. The second kappa shape index (κ2) is 30.7. The molecule has 22 aliphatic carbocycles. The van der Waals surface area contributed by atoms with Crippen LogP contribution in [0.3, 0.4) is 0 Å². The van der Waals surface area contributed by atoms with Crippen molar-refractivity contribution in [2.24, 2.45) is 142 Å². The molecule has 18 bridgehead atoms. The molecule has 0 nitrogen and oxygen atoms in total. The van der Waals surface area contributed by atoms with E-state index in [4.69, 9.17) is 0 Å². The molecule has 0 radical (unpaired) electrons. The zero-order chi connectivity index (χ0) is 54.9. The van der Waals surface area contributed by atoms with Crippen LogP contribution in [0.15, 0.2) is 0 Å². The zero-order valence-electron chi connectivity index (χ0n) is 54.9. The van der Waals surface area contributed by atoms with E-state index in [1.807, 2.05) is 0 Å². The molecule has 0 spiro atoms. The quantitative estimate of drug-likeness (QED) is 0.212. The Kier molecular flexibility index (Phi) is 22.8. The Morgan fingerprint density at radius 2 is 0.305 bits per heavy atom. The molecule has 22 fully saturated rings. The summed E-state index contributed by atoms with van der Waals surface area (Å²) in [5, 5.41) is 0. The average molecular weight is 1130 g/mol. The highest BCUT2D eigenvalue weighted by Gasteiger charge is 2.59. The summed E-state index contributed by atoms with van der Waals surface area (Å²) in [4.78, 5) is 0. The second-order valence-corrected chi connectivity index (χ2v) is 35.9. The van der Waals surface area contributed by atoms with Gasteiger partial charge in [-0.25, -0.2) is 0 Å². The minimum atomic E-state index is 1.11. The van der Waals surface area contributed by atoms with Gasteiger partial charge in [-0.3, -0.25) is 0 Å². The fourth-order valence-electron chi connectivity index (χ4n) is 26.5. The molecular formula is C82H140. The molecule has 468 valence electrons. The van der Waals surface area contributed by atoms with Crippen LogP contribution >= 0.6 is 0 Å². The summed E-state index contributed by atoms with van der Waals surface area (Å²) in [5.41, 5.74) is 0. The van der Waals surface area contributed by atoms with Crippen LogP contribution in [0.1, 0.15) is 372 Å². The Hall–Kier alpha value is 0. The van der Waals surface area contributed by atoms with Crippen molar-refractivity contribution in [1.82, 2.24) is 0 Å². The van der Waals surface area contributed by atoms with Crippen molar-refractivity contribution < 1.29 is 0 Å². The van der Waals surface area contributed by atoms with E-state index >= 15 is 0 Å². The third-order valence-electron chi connectivity index (χ3n) is 31.2. The maximum absolute atomic E-state index is 1.64. The number of rotatable bonds is 0. The number of hydrogen-bond donors (Lipinski definition) is 0. The molecule has 0 aromatic heterocycles. The Morgan fingerprint density at radius 1 is 0.110 bits per heavy atom. The van der Waals surface area contributed by atoms with Gasteiger partial charge >= 0.3 is 0 Å². The van der Waals surface area contributed by atoms with Gasteiger partial charge in [0.05, 0.1) is 0 Å². The molecule has 0 heterocycles. The van der Waals surface area contributed by atoms with Crippen LogP contribution in [-0.2, 0) is 0 Å². The van der Waals surface area contributed by atoms with Gasteiger partial charge < -0.3 is 0 Å². The molecular weight excluding hydrogens is 985 g/mol. The maximum Gasteiger partial charge on any atom is -0.0323 e. The highest BCUT2D eigenvalue weighted by molar-refractivity contribution is 5.09. The fourth-order valence-corrected chi connectivity index (χ4v) is 26.5. The summed E-state index contributed by atoms with van der Waals surface area (Å²) in [6, 6.07) is 0. The SMILES string of the molecule is C1CC2CC1C1C3CCC(C3)C21.C1CC2CC1C1CC21.C1CC2CC1C1CCC21.C1CC2CCCC(C1)CC2.C1CC2CCCC(C1)CCC2.C1CCC2CCC(C1)C2.C1CCC2CCCC(C1)CC2.C1CCC2CCCC(C1)CCC2. The van der Waals surface area contributed by atoms with Gasteiger partial charge in [0, 0.05) is 0 Å². The molecule has 0 amide bonds. The highest BCUT2D eigenvalue weighted by Crippen LogP contribution is 2.68. The van der Waals surface area contributed by atoms with E-state index in [0.29, 0.717) is 0 Å². The molecule has 0 aromatic carbocycles. The van der Waals surface area contributed by atoms with Crippen molar-refractivity contribution in [2.75, 3.05) is 0 Å². The van der Waals surface area contributed by atoms with Crippen LogP contribution in [0.2, 0.25) is 0 Å². The lowest BCUT2D eigenvalue weighted by molar-refractivity contribution is 0.103. The van der Waals surface area contributed by atoms with E-state index < -0.39 is 0 Å². The summed E-state index contributed by atoms with van der Waals surface area (Å²) in [6.07, 6.45) is 90.6. The van der Waals surface area contributed by atoms with Gasteiger partial charge in [0.1, 0.15) is 0 Å². The molecule has 22 aliphatic rings. The smallest absolute Gasteiger partial charge is 0.0323 e. The molecule has 22 saturated carbocycles. The first-order chi connectivity index (χ1) is 40.6. The lowest BCUT2D eigenvalue weighted by atomic mass is 9.66. The van der Waals surface area contributed by atoms with Gasteiger partial charge in [-0.1, -0.05) is 270 Å². The minimum absolute atomic E-state index is 1.11. The van der Waals surface area contributed by atoms with Crippen molar-refractivity contribution in [3.63, 3.8) is 0 Å². The topological polar surface area (TPSA) is 0 Å². The van der Waals surface area contributed by atoms with Gasteiger partial charge in [0.25, 0.3) is 0 Å². The molecule has 0 aromatic rings. The molecule has 0 heteroatoms. The Labute approximate surface area is 511 Å².